The molecule has 1 heterocycles. The van der Waals surface area contributed by atoms with Gasteiger partial charge in [0.15, 0.2) is 5.16 Å². The number of nitrogens with one attached hydrogen (secondary N) is 1. The first-order valence-corrected chi connectivity index (χ1v) is 7.23. The lowest BCUT2D eigenvalue weighted by Gasteiger charge is -2.06. The fourth-order valence-corrected chi connectivity index (χ4v) is 1.95. The monoisotopic (exact) mass is 275 g/mol. The Kier molecular flexibility index (Phi) is 5.18. The number of aromatic nitrogens is 2. The summed E-state index contributed by atoms with van der Waals surface area (Å²) in [5, 5.41) is 4.17. The van der Waals surface area contributed by atoms with E-state index < -0.39 is 0 Å². The quantitative estimate of drug-likeness (QED) is 0.648. The van der Waals surface area contributed by atoms with Crippen molar-refractivity contribution in [3.05, 3.63) is 47.8 Å². The molecule has 0 atom stereocenters. The molecule has 0 aliphatic heterocycles. The number of rotatable bonds is 6. The van der Waals surface area contributed by atoms with Crippen molar-refractivity contribution in [1.29, 1.82) is 0 Å². The molecule has 1 aromatic heterocycles. The van der Waals surface area contributed by atoms with E-state index >= 15 is 0 Å². The predicted octanol–water partition coefficient (Wildman–Crippen LogP) is 2.50. The van der Waals surface area contributed by atoms with E-state index in [2.05, 4.69) is 27.4 Å². The van der Waals surface area contributed by atoms with E-state index in [1.807, 2.05) is 30.8 Å². The zero-order chi connectivity index (χ0) is 13.5. The molecule has 0 bridgehead atoms. The van der Waals surface area contributed by atoms with Crippen molar-refractivity contribution in [3.63, 3.8) is 0 Å². The van der Waals surface area contributed by atoms with Gasteiger partial charge in [0, 0.05) is 31.0 Å². The van der Waals surface area contributed by atoms with Crippen molar-refractivity contribution in [3.8, 4) is 5.75 Å². The van der Waals surface area contributed by atoms with Crippen molar-refractivity contribution < 1.29 is 4.74 Å². The number of hydrogen-bond donors (Lipinski definition) is 1. The van der Waals surface area contributed by atoms with Crippen molar-refractivity contribution in [2.45, 2.75) is 18.2 Å². The van der Waals surface area contributed by atoms with Crippen LogP contribution in [-0.2, 0) is 13.1 Å². The molecule has 0 saturated carbocycles. The molecule has 5 heteroatoms. The highest BCUT2D eigenvalue weighted by atomic mass is 32.2. The zero-order valence-corrected chi connectivity index (χ0v) is 11.9. The molecule has 2 rings (SSSR count). The van der Waals surface area contributed by atoms with Crippen molar-refractivity contribution >= 4 is 11.8 Å². The molecule has 0 saturated heterocycles. The van der Waals surface area contributed by atoms with Crippen molar-refractivity contribution in [2.75, 3.05) is 13.4 Å². The Hall–Kier alpha value is -1.59. The Balaban J connectivity index is 1.81. The summed E-state index contributed by atoms with van der Waals surface area (Å²) in [5.41, 5.74) is 2.31. The topological polar surface area (TPSA) is 47.0 Å². The summed E-state index contributed by atoms with van der Waals surface area (Å²) < 4.78 is 5.13. The molecule has 1 aromatic carbocycles. The molecule has 100 valence electrons. The van der Waals surface area contributed by atoms with Crippen LogP contribution < -0.4 is 10.1 Å². The van der Waals surface area contributed by atoms with Crippen LogP contribution in [0.25, 0.3) is 0 Å². The van der Waals surface area contributed by atoms with Gasteiger partial charge in [-0.1, -0.05) is 23.9 Å². The Labute approximate surface area is 117 Å². The highest BCUT2D eigenvalue weighted by molar-refractivity contribution is 7.98. The predicted molar refractivity (Wildman–Crippen MR) is 77.4 cm³/mol. The Morgan fingerprint density at radius 3 is 2.26 bits per heavy atom. The normalized spacial score (nSPS) is 10.4. The van der Waals surface area contributed by atoms with Crippen LogP contribution in [0.4, 0.5) is 0 Å². The first kappa shape index (κ1) is 13.8. The van der Waals surface area contributed by atoms with E-state index in [1.54, 1.807) is 18.9 Å². The smallest absolute Gasteiger partial charge is 0.187 e. The molecular weight excluding hydrogens is 258 g/mol. The molecule has 0 aliphatic carbocycles. The van der Waals surface area contributed by atoms with E-state index in [4.69, 9.17) is 4.74 Å². The average Bonchev–Trinajstić information content (AvgIpc) is 2.49. The fourth-order valence-electron chi connectivity index (χ4n) is 1.63. The van der Waals surface area contributed by atoms with Gasteiger partial charge in [0.05, 0.1) is 7.11 Å². The summed E-state index contributed by atoms with van der Waals surface area (Å²) in [6.45, 7) is 1.58. The number of hydrogen-bond acceptors (Lipinski definition) is 5. The number of benzene rings is 1. The second kappa shape index (κ2) is 7.11. The maximum atomic E-state index is 5.13. The van der Waals surface area contributed by atoms with E-state index in [0.717, 1.165) is 29.6 Å². The lowest BCUT2D eigenvalue weighted by atomic mass is 10.2. The molecule has 0 amide bonds. The van der Waals surface area contributed by atoms with Gasteiger partial charge in [0.1, 0.15) is 5.75 Å². The van der Waals surface area contributed by atoms with Crippen LogP contribution in [0.15, 0.2) is 41.8 Å². The van der Waals surface area contributed by atoms with Gasteiger partial charge >= 0.3 is 0 Å². The molecule has 0 radical (unpaired) electrons. The molecule has 2 aromatic rings. The number of methoxy groups -OCH3 is 1. The third kappa shape index (κ3) is 4.22. The molecule has 1 N–H and O–H groups in total. The number of ether oxygens (including phenoxy) is 1. The van der Waals surface area contributed by atoms with Gasteiger partial charge in [-0.25, -0.2) is 9.97 Å². The summed E-state index contributed by atoms with van der Waals surface area (Å²) in [6.07, 6.45) is 5.69. The van der Waals surface area contributed by atoms with E-state index in [9.17, 15) is 0 Å². The maximum Gasteiger partial charge on any atom is 0.187 e. The SMILES string of the molecule is COc1ccc(CNCc2cnc(SC)nc2)cc1. The van der Waals surface area contributed by atoms with E-state index in [-0.39, 0.29) is 0 Å². The lowest BCUT2D eigenvalue weighted by Crippen LogP contribution is -2.13. The van der Waals surface area contributed by atoms with Crippen LogP contribution in [-0.4, -0.2) is 23.3 Å². The molecule has 0 unspecified atom stereocenters. The average molecular weight is 275 g/mol. The third-order valence-corrected chi connectivity index (χ3v) is 3.26. The van der Waals surface area contributed by atoms with Crippen LogP contribution in [0.5, 0.6) is 5.75 Å². The lowest BCUT2D eigenvalue weighted by molar-refractivity contribution is 0.414. The first-order valence-electron chi connectivity index (χ1n) is 6.00. The Bertz CT molecular complexity index is 452. The molecule has 0 spiro atoms. The molecule has 19 heavy (non-hydrogen) atoms. The summed E-state index contributed by atoms with van der Waals surface area (Å²) in [7, 11) is 1.67. The van der Waals surface area contributed by atoms with Crippen molar-refractivity contribution in [2.24, 2.45) is 0 Å². The minimum atomic E-state index is 0.765. The molecule has 4 nitrogen and oxygen atoms in total. The number of thioether (sulfide) groups is 1. The summed E-state index contributed by atoms with van der Waals surface area (Å²) >= 11 is 1.55. The van der Waals surface area contributed by atoms with Crippen LogP contribution in [0.1, 0.15) is 11.1 Å². The summed E-state index contributed by atoms with van der Waals surface area (Å²) in [5.74, 6) is 0.879. The highest BCUT2D eigenvalue weighted by Gasteiger charge is 1.97. The van der Waals surface area contributed by atoms with Gasteiger partial charge in [-0.05, 0) is 24.0 Å². The van der Waals surface area contributed by atoms with Crippen molar-refractivity contribution in [1.82, 2.24) is 15.3 Å². The van der Waals surface area contributed by atoms with Crippen LogP contribution in [0.2, 0.25) is 0 Å². The number of nitrogens with zero attached hydrogens (tertiary/aromatic N) is 2. The van der Waals surface area contributed by atoms with Gasteiger partial charge in [-0.15, -0.1) is 0 Å². The second-order valence-electron chi connectivity index (χ2n) is 4.03. The third-order valence-electron chi connectivity index (χ3n) is 2.68. The molecular formula is C14H17N3OS. The zero-order valence-electron chi connectivity index (χ0n) is 11.1. The Morgan fingerprint density at radius 2 is 1.68 bits per heavy atom. The molecule has 0 fully saturated rings. The Morgan fingerprint density at radius 1 is 1.05 bits per heavy atom. The summed E-state index contributed by atoms with van der Waals surface area (Å²) in [4.78, 5) is 8.48. The first-order chi connectivity index (χ1) is 9.31. The van der Waals surface area contributed by atoms with Gasteiger partial charge < -0.3 is 10.1 Å². The second-order valence-corrected chi connectivity index (χ2v) is 4.80. The van der Waals surface area contributed by atoms with E-state index in [1.165, 1.54) is 5.56 Å². The van der Waals surface area contributed by atoms with Gasteiger partial charge in [-0.3, -0.25) is 0 Å². The van der Waals surface area contributed by atoms with Gasteiger partial charge in [-0.2, -0.15) is 0 Å². The van der Waals surface area contributed by atoms with Gasteiger partial charge in [0.25, 0.3) is 0 Å². The standard InChI is InChI=1S/C14H17N3OS/c1-18-13-5-3-11(4-6-13)7-15-8-12-9-16-14(19-2)17-10-12/h3-6,9-10,15H,7-8H2,1-2H3. The molecule has 0 aliphatic rings. The van der Waals surface area contributed by atoms with Crippen LogP contribution >= 0.6 is 11.8 Å². The minimum absolute atomic E-state index is 0.765. The van der Waals surface area contributed by atoms with Gasteiger partial charge in [0.2, 0.25) is 0 Å². The maximum absolute atomic E-state index is 5.13. The van der Waals surface area contributed by atoms with E-state index in [0.29, 0.717) is 0 Å². The summed E-state index contributed by atoms with van der Waals surface area (Å²) in [6, 6.07) is 8.04. The van der Waals surface area contributed by atoms with Crippen LogP contribution in [0.3, 0.4) is 0 Å². The highest BCUT2D eigenvalue weighted by Crippen LogP contribution is 2.11. The fraction of sp³-hybridized carbons (Fsp3) is 0.286. The van der Waals surface area contributed by atoms with Crippen LogP contribution in [0, 0.1) is 0 Å². The minimum Gasteiger partial charge on any atom is -0.497 e. The largest absolute Gasteiger partial charge is 0.497 e.